The molecule has 118 valence electrons. The van der Waals surface area contributed by atoms with Gasteiger partial charge >= 0.3 is 5.97 Å². The maximum Gasteiger partial charge on any atom is 0.308 e. The summed E-state index contributed by atoms with van der Waals surface area (Å²) in [7, 11) is -1.90. The van der Waals surface area contributed by atoms with Crippen LogP contribution in [0.5, 0.6) is 0 Å². The van der Waals surface area contributed by atoms with E-state index in [2.05, 4.69) is 64.1 Å². The van der Waals surface area contributed by atoms with Gasteiger partial charge in [0.05, 0.1) is 12.5 Å². The van der Waals surface area contributed by atoms with Gasteiger partial charge in [0.15, 0.2) is 0 Å². The fourth-order valence-electron chi connectivity index (χ4n) is 3.73. The molecule has 0 unspecified atom stereocenters. The average molecular weight is 412 g/mol. The molecule has 20 heavy (non-hydrogen) atoms. The predicted octanol–water partition coefficient (Wildman–Crippen LogP) is 4.69. The molecule has 0 aromatic rings. The van der Waals surface area contributed by atoms with Crippen molar-refractivity contribution in [1.29, 1.82) is 0 Å². The Labute approximate surface area is 138 Å². The molecule has 1 aliphatic rings. The molecule has 5 heteroatoms. The molecule has 1 fully saturated rings. The second-order valence-electron chi connectivity index (χ2n) is 6.76. The lowest BCUT2D eigenvalue weighted by molar-refractivity contribution is -0.157. The number of halogens is 1. The van der Waals surface area contributed by atoms with Crippen molar-refractivity contribution in [3.63, 3.8) is 0 Å². The number of cyclic esters (lactones) is 1. The zero-order valence-electron chi connectivity index (χ0n) is 13.6. The van der Waals surface area contributed by atoms with E-state index >= 15 is 0 Å². The smallest absolute Gasteiger partial charge is 0.308 e. The quantitative estimate of drug-likeness (QED) is 0.275. The van der Waals surface area contributed by atoms with Crippen molar-refractivity contribution in [3.05, 3.63) is 0 Å². The average Bonchev–Trinajstić information content (AvgIpc) is 2.33. The van der Waals surface area contributed by atoms with Crippen molar-refractivity contribution in [3.8, 4) is 0 Å². The summed E-state index contributed by atoms with van der Waals surface area (Å²) in [5.41, 5.74) is 1.66. The molecule has 2 atom stereocenters. The van der Waals surface area contributed by atoms with E-state index in [1.54, 1.807) is 0 Å². The van der Waals surface area contributed by atoms with Crippen molar-refractivity contribution in [2.24, 2.45) is 0 Å². The lowest BCUT2D eigenvalue weighted by Crippen LogP contribution is -2.52. The second-order valence-corrected chi connectivity index (χ2v) is 13.1. The molecule has 0 N–H and O–H groups in total. The highest BCUT2D eigenvalue weighted by molar-refractivity contribution is 14.1. The minimum Gasteiger partial charge on any atom is -0.461 e. The van der Waals surface area contributed by atoms with E-state index in [9.17, 15) is 4.79 Å². The number of carbonyl (C=O) groups excluding carboxylic acids is 1. The Balaban J connectivity index is 2.92. The van der Waals surface area contributed by atoms with Crippen LogP contribution in [-0.4, -0.2) is 30.9 Å². The minimum absolute atomic E-state index is 0.0278. The van der Waals surface area contributed by atoms with Gasteiger partial charge in [0, 0.05) is 10.8 Å². The molecule has 0 radical (unpaired) electrons. The van der Waals surface area contributed by atoms with Crippen molar-refractivity contribution >= 4 is 36.9 Å². The maximum absolute atomic E-state index is 11.7. The van der Waals surface area contributed by atoms with Crippen LogP contribution in [0.3, 0.4) is 0 Å². The summed E-state index contributed by atoms with van der Waals surface area (Å²) < 4.78 is 12.9. The molecule has 0 bridgehead atoms. The predicted molar refractivity (Wildman–Crippen MR) is 93.9 cm³/mol. The van der Waals surface area contributed by atoms with Crippen molar-refractivity contribution in [2.75, 3.05) is 4.43 Å². The normalized spacial score (nSPS) is 24.6. The van der Waals surface area contributed by atoms with Gasteiger partial charge in [-0.3, -0.25) is 4.79 Å². The van der Waals surface area contributed by atoms with Crippen LogP contribution in [0, 0.1) is 0 Å². The van der Waals surface area contributed by atoms with Gasteiger partial charge in [-0.15, -0.1) is 0 Å². The number of carbonyl (C=O) groups is 1. The minimum atomic E-state index is -1.90. The molecule has 0 amide bonds. The first-order chi connectivity index (χ1) is 9.23. The van der Waals surface area contributed by atoms with Crippen LogP contribution in [0.4, 0.5) is 0 Å². The summed E-state index contributed by atoms with van der Waals surface area (Å²) in [5.74, 6) is -0.0953. The fourth-order valence-corrected chi connectivity index (χ4v) is 9.84. The Morgan fingerprint density at radius 3 is 2.10 bits per heavy atom. The third-order valence-electron chi connectivity index (χ3n) is 4.47. The van der Waals surface area contributed by atoms with E-state index in [4.69, 9.17) is 9.16 Å². The van der Waals surface area contributed by atoms with Gasteiger partial charge in [-0.25, -0.2) is 0 Å². The van der Waals surface area contributed by atoms with Crippen LogP contribution >= 0.6 is 22.6 Å². The van der Waals surface area contributed by atoms with E-state index in [-0.39, 0.29) is 18.2 Å². The Kier molecular flexibility index (Phi) is 6.99. The Hall–Kier alpha value is 0.377. The zero-order chi connectivity index (χ0) is 15.5. The van der Waals surface area contributed by atoms with E-state index < -0.39 is 8.32 Å². The lowest BCUT2D eigenvalue weighted by Gasteiger charge is -2.45. The van der Waals surface area contributed by atoms with Crippen molar-refractivity contribution in [1.82, 2.24) is 0 Å². The Bertz CT molecular complexity index is 309. The molecule has 0 aromatic carbocycles. The zero-order valence-corrected chi connectivity index (χ0v) is 16.8. The summed E-state index contributed by atoms with van der Waals surface area (Å²) in [5, 5.41) is 0. The van der Waals surface area contributed by atoms with E-state index in [0.29, 0.717) is 23.0 Å². The highest BCUT2D eigenvalue weighted by atomic mass is 127. The number of ether oxygens (including phenoxy) is 1. The van der Waals surface area contributed by atoms with Crippen molar-refractivity contribution < 1.29 is 14.0 Å². The van der Waals surface area contributed by atoms with Gasteiger partial charge in [-0.2, -0.15) is 0 Å². The van der Waals surface area contributed by atoms with Crippen LogP contribution in [0.2, 0.25) is 16.6 Å². The van der Waals surface area contributed by atoms with E-state index in [1.807, 2.05) is 0 Å². The first-order valence-electron chi connectivity index (χ1n) is 7.67. The summed E-state index contributed by atoms with van der Waals surface area (Å²) in [6.07, 6.45) is 1.36. The van der Waals surface area contributed by atoms with Gasteiger partial charge in [0.25, 0.3) is 0 Å². The summed E-state index contributed by atoms with van der Waals surface area (Å²) in [4.78, 5) is 11.7. The number of hydrogen-bond acceptors (Lipinski definition) is 3. The topological polar surface area (TPSA) is 35.5 Å². The number of hydrogen-bond donors (Lipinski definition) is 0. The van der Waals surface area contributed by atoms with Gasteiger partial charge in [0.2, 0.25) is 8.32 Å². The molecule has 1 aliphatic heterocycles. The monoisotopic (exact) mass is 412 g/mol. The first-order valence-corrected chi connectivity index (χ1v) is 11.3. The van der Waals surface area contributed by atoms with Crippen LogP contribution in [0.1, 0.15) is 54.4 Å². The standard InChI is InChI=1S/C15H29IO3Si/c1-10(2)20(11(3)4,12(5)6)19-13-7-14(9-16)18-15(17)8-13/h10-14H,7-9H2,1-6H3/t13-,14-/m1/s1. The van der Waals surface area contributed by atoms with E-state index in [1.165, 1.54) is 0 Å². The molecule has 0 spiro atoms. The molecule has 1 heterocycles. The Morgan fingerprint density at radius 2 is 1.70 bits per heavy atom. The highest BCUT2D eigenvalue weighted by Gasteiger charge is 2.47. The van der Waals surface area contributed by atoms with Gasteiger partial charge in [-0.05, 0) is 16.6 Å². The SMILES string of the molecule is CC(C)[Si](O[C@H]1CC(=O)O[C@@H](CI)C1)(C(C)C)C(C)C. The van der Waals surface area contributed by atoms with Crippen LogP contribution in [0.25, 0.3) is 0 Å². The first kappa shape index (κ1) is 18.4. The molecule has 3 nitrogen and oxygen atoms in total. The molecular formula is C15H29IO3Si. The van der Waals surface area contributed by atoms with Crippen LogP contribution in [-0.2, 0) is 14.0 Å². The van der Waals surface area contributed by atoms with Gasteiger partial charge in [0.1, 0.15) is 6.10 Å². The van der Waals surface area contributed by atoms with Crippen molar-refractivity contribution in [2.45, 2.75) is 83.2 Å². The molecule has 1 saturated heterocycles. The Morgan fingerprint density at radius 1 is 1.20 bits per heavy atom. The third-order valence-corrected chi connectivity index (χ3v) is 11.6. The van der Waals surface area contributed by atoms with Gasteiger partial charge < -0.3 is 9.16 Å². The van der Waals surface area contributed by atoms with Crippen LogP contribution < -0.4 is 0 Å². The summed E-state index contributed by atoms with van der Waals surface area (Å²) in [6, 6.07) is 0. The molecule has 0 aromatic heterocycles. The van der Waals surface area contributed by atoms with Crippen LogP contribution in [0.15, 0.2) is 0 Å². The molecular weight excluding hydrogens is 383 g/mol. The molecule has 1 rings (SSSR count). The van der Waals surface area contributed by atoms with E-state index in [0.717, 1.165) is 10.8 Å². The largest absolute Gasteiger partial charge is 0.461 e. The number of alkyl halides is 1. The summed E-state index contributed by atoms with van der Waals surface area (Å²) >= 11 is 2.28. The second kappa shape index (κ2) is 7.58. The maximum atomic E-state index is 11.7. The summed E-state index contributed by atoms with van der Waals surface area (Å²) in [6.45, 7) is 13.7. The number of rotatable bonds is 6. The fraction of sp³-hybridized carbons (Fsp3) is 0.933. The lowest BCUT2D eigenvalue weighted by atomic mass is 10.1. The van der Waals surface area contributed by atoms with Gasteiger partial charge in [-0.1, -0.05) is 64.1 Å². The molecule has 0 saturated carbocycles. The number of esters is 1. The third kappa shape index (κ3) is 3.97. The highest BCUT2D eigenvalue weighted by Crippen LogP contribution is 2.44. The molecule has 0 aliphatic carbocycles.